The summed E-state index contributed by atoms with van der Waals surface area (Å²) >= 11 is 3.45. The molecular weight excluding hydrogens is 258 g/mol. The van der Waals surface area contributed by atoms with Crippen LogP contribution >= 0.6 is 15.9 Å². The first kappa shape index (κ1) is 10.3. The molecule has 0 radical (unpaired) electrons. The predicted octanol–water partition coefficient (Wildman–Crippen LogP) is 1.83. The molecule has 15 heavy (non-hydrogen) atoms. The number of halogens is 1. The minimum atomic E-state index is -0.0938. The smallest absolute Gasteiger partial charge is 0.109 e. The summed E-state index contributed by atoms with van der Waals surface area (Å²) in [4.78, 5) is 0. The fourth-order valence-electron chi connectivity index (χ4n) is 1.29. The van der Waals surface area contributed by atoms with E-state index in [1.807, 2.05) is 25.1 Å². The molecule has 2 rings (SSSR count). The lowest BCUT2D eigenvalue weighted by Gasteiger charge is -2.04. The largest absolute Gasteiger partial charge is 0.390 e. The molecule has 2 aromatic rings. The molecule has 1 heterocycles. The normalized spacial score (nSPS) is 10.6. The Morgan fingerprint density at radius 1 is 1.47 bits per heavy atom. The number of aromatic nitrogens is 3. The third-order valence-electron chi connectivity index (χ3n) is 2.05. The third-order valence-corrected chi connectivity index (χ3v) is 2.72. The monoisotopic (exact) mass is 267 g/mol. The van der Waals surface area contributed by atoms with Crippen LogP contribution in [0.1, 0.15) is 11.3 Å². The van der Waals surface area contributed by atoms with Gasteiger partial charge in [-0.25, -0.2) is 4.68 Å². The average Bonchev–Trinajstić information content (AvgIpc) is 2.70. The van der Waals surface area contributed by atoms with Crippen LogP contribution in [-0.4, -0.2) is 20.1 Å². The van der Waals surface area contributed by atoms with E-state index in [-0.39, 0.29) is 6.61 Å². The van der Waals surface area contributed by atoms with E-state index >= 15 is 0 Å². The van der Waals surface area contributed by atoms with Crippen LogP contribution in [0.4, 0.5) is 0 Å². The second-order valence-electron chi connectivity index (χ2n) is 3.27. The topological polar surface area (TPSA) is 50.9 Å². The summed E-state index contributed by atoms with van der Waals surface area (Å²) < 4.78 is 2.59. The molecule has 0 fully saturated rings. The summed E-state index contributed by atoms with van der Waals surface area (Å²) in [6.45, 7) is 1.92. The molecular formula is C10H10BrN3O. The first-order chi connectivity index (χ1) is 7.20. The van der Waals surface area contributed by atoms with Gasteiger partial charge in [0.2, 0.25) is 0 Å². The van der Waals surface area contributed by atoms with Crippen molar-refractivity contribution in [3.05, 3.63) is 40.1 Å². The summed E-state index contributed by atoms with van der Waals surface area (Å²) in [6.07, 6.45) is 1.71. The van der Waals surface area contributed by atoms with Gasteiger partial charge in [0.1, 0.15) is 5.69 Å². The van der Waals surface area contributed by atoms with Crippen molar-refractivity contribution < 1.29 is 5.11 Å². The SMILES string of the molecule is Cc1ccc(Br)c(-n2cc(CO)nn2)c1. The molecule has 1 aromatic heterocycles. The van der Waals surface area contributed by atoms with Crippen LogP contribution < -0.4 is 0 Å². The number of hydrogen-bond acceptors (Lipinski definition) is 3. The number of hydrogen-bond donors (Lipinski definition) is 1. The van der Waals surface area contributed by atoms with Crippen molar-refractivity contribution in [2.45, 2.75) is 13.5 Å². The molecule has 0 aliphatic heterocycles. The highest BCUT2D eigenvalue weighted by atomic mass is 79.9. The van der Waals surface area contributed by atoms with Crippen molar-refractivity contribution in [2.24, 2.45) is 0 Å². The van der Waals surface area contributed by atoms with E-state index in [2.05, 4.69) is 26.2 Å². The van der Waals surface area contributed by atoms with Crippen LogP contribution in [0.25, 0.3) is 5.69 Å². The van der Waals surface area contributed by atoms with Gasteiger partial charge in [-0.05, 0) is 40.5 Å². The highest BCUT2D eigenvalue weighted by molar-refractivity contribution is 9.10. The number of aliphatic hydroxyl groups is 1. The van der Waals surface area contributed by atoms with Gasteiger partial charge < -0.3 is 5.11 Å². The van der Waals surface area contributed by atoms with Gasteiger partial charge in [-0.1, -0.05) is 11.3 Å². The summed E-state index contributed by atoms with van der Waals surface area (Å²) in [5.41, 5.74) is 2.62. The molecule has 78 valence electrons. The van der Waals surface area contributed by atoms with E-state index < -0.39 is 0 Å². The molecule has 4 nitrogen and oxygen atoms in total. The Hall–Kier alpha value is -1.20. The second kappa shape index (κ2) is 4.12. The molecule has 0 spiro atoms. The lowest BCUT2D eigenvalue weighted by atomic mass is 10.2. The van der Waals surface area contributed by atoms with Gasteiger partial charge in [0.25, 0.3) is 0 Å². The van der Waals surface area contributed by atoms with E-state index in [9.17, 15) is 0 Å². The summed E-state index contributed by atoms with van der Waals surface area (Å²) in [5, 5.41) is 16.7. The van der Waals surface area contributed by atoms with Crippen molar-refractivity contribution in [2.75, 3.05) is 0 Å². The molecule has 1 aromatic carbocycles. The van der Waals surface area contributed by atoms with Gasteiger partial charge in [0.05, 0.1) is 18.5 Å². The summed E-state index contributed by atoms with van der Waals surface area (Å²) in [5.74, 6) is 0. The zero-order valence-electron chi connectivity index (χ0n) is 8.18. The quantitative estimate of drug-likeness (QED) is 0.904. The molecule has 0 amide bonds. The molecule has 0 bridgehead atoms. The Morgan fingerprint density at radius 3 is 2.93 bits per heavy atom. The average molecular weight is 268 g/mol. The van der Waals surface area contributed by atoms with Gasteiger partial charge in [-0.3, -0.25) is 0 Å². The predicted molar refractivity (Wildman–Crippen MR) is 59.7 cm³/mol. The maximum Gasteiger partial charge on any atom is 0.109 e. The van der Waals surface area contributed by atoms with E-state index in [4.69, 9.17) is 5.11 Å². The number of rotatable bonds is 2. The van der Waals surface area contributed by atoms with Crippen LogP contribution in [0.2, 0.25) is 0 Å². The highest BCUT2D eigenvalue weighted by Crippen LogP contribution is 2.21. The Morgan fingerprint density at radius 2 is 2.27 bits per heavy atom. The maximum absolute atomic E-state index is 8.89. The molecule has 0 aliphatic rings. The molecule has 0 atom stereocenters. The number of benzene rings is 1. The van der Waals surface area contributed by atoms with Gasteiger partial charge in [0.15, 0.2) is 0 Å². The van der Waals surface area contributed by atoms with E-state index in [1.165, 1.54) is 0 Å². The van der Waals surface area contributed by atoms with Crippen molar-refractivity contribution >= 4 is 15.9 Å². The third kappa shape index (κ3) is 2.08. The van der Waals surface area contributed by atoms with Crippen LogP contribution in [-0.2, 0) is 6.61 Å². The van der Waals surface area contributed by atoms with E-state index in [1.54, 1.807) is 10.9 Å². The number of aliphatic hydroxyl groups excluding tert-OH is 1. The molecule has 0 aliphatic carbocycles. The number of aryl methyl sites for hydroxylation is 1. The van der Waals surface area contributed by atoms with Gasteiger partial charge in [0, 0.05) is 4.47 Å². The Labute approximate surface area is 95.7 Å². The van der Waals surface area contributed by atoms with Crippen molar-refractivity contribution in [3.63, 3.8) is 0 Å². The minimum Gasteiger partial charge on any atom is -0.390 e. The highest BCUT2D eigenvalue weighted by Gasteiger charge is 2.05. The molecule has 1 N–H and O–H groups in total. The lowest BCUT2D eigenvalue weighted by molar-refractivity contribution is 0.276. The zero-order chi connectivity index (χ0) is 10.8. The molecule has 5 heteroatoms. The van der Waals surface area contributed by atoms with Crippen molar-refractivity contribution in [1.82, 2.24) is 15.0 Å². The summed E-state index contributed by atoms with van der Waals surface area (Å²) in [7, 11) is 0. The van der Waals surface area contributed by atoms with Gasteiger partial charge in [-0.2, -0.15) is 0 Å². The first-order valence-corrected chi connectivity index (χ1v) is 5.28. The van der Waals surface area contributed by atoms with Crippen LogP contribution in [0, 0.1) is 6.92 Å². The van der Waals surface area contributed by atoms with Crippen LogP contribution in [0.15, 0.2) is 28.9 Å². The first-order valence-electron chi connectivity index (χ1n) is 4.49. The van der Waals surface area contributed by atoms with Crippen LogP contribution in [0.3, 0.4) is 0 Å². The van der Waals surface area contributed by atoms with Gasteiger partial charge >= 0.3 is 0 Å². The fourth-order valence-corrected chi connectivity index (χ4v) is 1.72. The molecule has 0 saturated carbocycles. The Kier molecular flexibility index (Phi) is 2.83. The second-order valence-corrected chi connectivity index (χ2v) is 4.12. The van der Waals surface area contributed by atoms with E-state index in [0.29, 0.717) is 5.69 Å². The Balaban J connectivity index is 2.48. The molecule has 0 saturated heterocycles. The van der Waals surface area contributed by atoms with Crippen molar-refractivity contribution in [1.29, 1.82) is 0 Å². The summed E-state index contributed by atoms with van der Waals surface area (Å²) in [6, 6.07) is 5.97. The van der Waals surface area contributed by atoms with Crippen LogP contribution in [0.5, 0.6) is 0 Å². The number of nitrogens with zero attached hydrogens (tertiary/aromatic N) is 3. The standard InChI is InChI=1S/C10H10BrN3O/c1-7-2-3-9(11)10(4-7)14-5-8(6-15)12-13-14/h2-5,15H,6H2,1H3. The lowest BCUT2D eigenvalue weighted by Crippen LogP contribution is -1.96. The maximum atomic E-state index is 8.89. The Bertz CT molecular complexity index is 481. The van der Waals surface area contributed by atoms with Gasteiger partial charge in [-0.15, -0.1) is 5.10 Å². The fraction of sp³-hybridized carbons (Fsp3) is 0.200. The minimum absolute atomic E-state index is 0.0938. The zero-order valence-corrected chi connectivity index (χ0v) is 9.77. The van der Waals surface area contributed by atoms with Crippen molar-refractivity contribution in [3.8, 4) is 5.69 Å². The molecule has 0 unspecified atom stereocenters. The van der Waals surface area contributed by atoms with E-state index in [0.717, 1.165) is 15.7 Å².